The average Bonchev–Trinajstić information content (AvgIpc) is 2.74. The van der Waals surface area contributed by atoms with Crippen LogP contribution in [-0.4, -0.2) is 41.8 Å². The van der Waals surface area contributed by atoms with E-state index < -0.39 is 24.2 Å². The predicted molar refractivity (Wildman–Crippen MR) is 110 cm³/mol. The van der Waals surface area contributed by atoms with Crippen LogP contribution in [0.3, 0.4) is 0 Å². The lowest BCUT2D eigenvalue weighted by atomic mass is 10.1. The molecule has 8 heteroatoms. The van der Waals surface area contributed by atoms with Crippen LogP contribution in [0.15, 0.2) is 54.6 Å². The molecule has 0 saturated carbocycles. The smallest absolute Gasteiger partial charge is 0.302 e. The van der Waals surface area contributed by atoms with E-state index >= 15 is 0 Å². The topological polar surface area (TPSA) is 81.7 Å². The molecule has 1 N–H and O–H groups in total. The number of hydrogen-bond donors (Lipinski definition) is 1. The van der Waals surface area contributed by atoms with E-state index in [0.29, 0.717) is 11.3 Å². The first-order valence-electron chi connectivity index (χ1n) is 9.46. The van der Waals surface area contributed by atoms with Gasteiger partial charge in [-0.15, -0.1) is 0 Å². The molecule has 1 heterocycles. The summed E-state index contributed by atoms with van der Waals surface area (Å²) in [4.78, 5) is 36.2. The van der Waals surface area contributed by atoms with Gasteiger partial charge in [-0.25, -0.2) is 4.39 Å². The van der Waals surface area contributed by atoms with Crippen molar-refractivity contribution in [3.05, 3.63) is 71.5 Å². The number of nitrogens with one attached hydrogen (secondary N) is 1. The monoisotopic (exact) mass is 431 g/mol. The molecule has 1 saturated heterocycles. The second-order valence-corrected chi connectivity index (χ2v) is 8.07. The molecule has 1 aliphatic rings. The number of hydrogen-bond acceptors (Lipinski definition) is 6. The molecule has 0 aliphatic carbocycles. The van der Waals surface area contributed by atoms with Crippen LogP contribution < -0.4 is 5.32 Å². The molecule has 0 radical (unpaired) electrons. The maximum atomic E-state index is 13.1. The van der Waals surface area contributed by atoms with Crippen LogP contribution in [-0.2, 0) is 24.8 Å². The summed E-state index contributed by atoms with van der Waals surface area (Å²) < 4.78 is 24.0. The number of halogens is 1. The van der Waals surface area contributed by atoms with Gasteiger partial charge in [0.15, 0.2) is 12.0 Å². The number of rotatable bonds is 7. The third-order valence-electron chi connectivity index (χ3n) is 4.55. The zero-order valence-electron chi connectivity index (χ0n) is 16.4. The maximum Gasteiger partial charge on any atom is 0.302 e. The summed E-state index contributed by atoms with van der Waals surface area (Å²) in [7, 11) is 0. The van der Waals surface area contributed by atoms with Gasteiger partial charge in [-0.2, -0.15) is 11.8 Å². The van der Waals surface area contributed by atoms with Gasteiger partial charge in [-0.05, 0) is 29.8 Å². The molecular weight excluding hydrogens is 409 g/mol. The molecule has 1 amide bonds. The van der Waals surface area contributed by atoms with E-state index in [2.05, 4.69) is 5.32 Å². The van der Waals surface area contributed by atoms with Gasteiger partial charge in [0.25, 0.3) is 5.91 Å². The van der Waals surface area contributed by atoms with Crippen LogP contribution in [0.4, 0.5) is 4.39 Å². The molecule has 30 heavy (non-hydrogen) atoms. The fraction of sp³-hybridized carbons (Fsp3) is 0.318. The van der Waals surface area contributed by atoms with Gasteiger partial charge in [-0.1, -0.05) is 30.3 Å². The van der Waals surface area contributed by atoms with Crippen LogP contribution >= 0.6 is 11.8 Å². The number of carbonyl (C=O) groups is 3. The minimum atomic E-state index is -1.11. The quantitative estimate of drug-likeness (QED) is 0.679. The maximum absolute atomic E-state index is 13.1. The Kier molecular flexibility index (Phi) is 7.59. The number of benzene rings is 2. The Balaban J connectivity index is 1.65. The largest absolute Gasteiger partial charge is 0.463 e. The van der Waals surface area contributed by atoms with Gasteiger partial charge in [0.05, 0.1) is 0 Å². The fourth-order valence-corrected chi connectivity index (χ4v) is 4.22. The van der Waals surface area contributed by atoms with Crippen molar-refractivity contribution < 1.29 is 28.2 Å². The number of ketones is 1. The van der Waals surface area contributed by atoms with E-state index in [-0.39, 0.29) is 29.9 Å². The highest BCUT2D eigenvalue weighted by Crippen LogP contribution is 2.30. The number of thioether (sulfide) groups is 1. The van der Waals surface area contributed by atoms with Crippen molar-refractivity contribution >= 4 is 29.4 Å². The summed E-state index contributed by atoms with van der Waals surface area (Å²) in [5, 5.41) is 2.33. The lowest BCUT2D eigenvalue weighted by Gasteiger charge is -2.35. The molecular formula is C22H22FNO5S. The third-order valence-corrected chi connectivity index (χ3v) is 5.95. The number of carbonyl (C=O) groups excluding carboxylic acids is 3. The summed E-state index contributed by atoms with van der Waals surface area (Å²) in [6, 6.07) is 14.6. The first-order valence-corrected chi connectivity index (χ1v) is 10.5. The highest BCUT2D eigenvalue weighted by molar-refractivity contribution is 7.99. The van der Waals surface area contributed by atoms with Gasteiger partial charge in [0.2, 0.25) is 0 Å². The van der Waals surface area contributed by atoms with Gasteiger partial charge >= 0.3 is 5.97 Å². The highest BCUT2D eigenvalue weighted by Gasteiger charge is 2.38. The number of amides is 1. The van der Waals surface area contributed by atoms with E-state index in [9.17, 15) is 18.8 Å². The molecule has 3 rings (SSSR count). The molecule has 0 aromatic heterocycles. The number of esters is 1. The lowest BCUT2D eigenvalue weighted by Crippen LogP contribution is -2.53. The van der Waals surface area contributed by atoms with Crippen LogP contribution in [0.1, 0.15) is 29.3 Å². The van der Waals surface area contributed by atoms with Crippen molar-refractivity contribution in [1.82, 2.24) is 5.32 Å². The molecule has 1 fully saturated rings. The molecule has 2 aromatic rings. The summed E-state index contributed by atoms with van der Waals surface area (Å²) >= 11 is 1.46. The summed E-state index contributed by atoms with van der Waals surface area (Å²) in [5.74, 6) is -0.904. The normalized spacial score (nSPS) is 21.1. The minimum Gasteiger partial charge on any atom is -0.463 e. The van der Waals surface area contributed by atoms with Crippen molar-refractivity contribution in [2.75, 3.05) is 6.61 Å². The number of Topliss-reactive ketones (excluding diaryl/α,β-unsaturated/α-hetero) is 1. The Bertz CT molecular complexity index is 890. The van der Waals surface area contributed by atoms with Crippen LogP contribution in [0.2, 0.25) is 0 Å². The predicted octanol–water partition coefficient (Wildman–Crippen LogP) is 3.10. The Morgan fingerprint density at radius 3 is 2.53 bits per heavy atom. The van der Waals surface area contributed by atoms with E-state index in [1.807, 2.05) is 0 Å². The lowest BCUT2D eigenvalue weighted by molar-refractivity contribution is -0.156. The third kappa shape index (κ3) is 6.14. The first-order chi connectivity index (χ1) is 14.4. The first kappa shape index (κ1) is 22.0. The Morgan fingerprint density at radius 1 is 1.17 bits per heavy atom. The van der Waals surface area contributed by atoms with Gasteiger partial charge in [0, 0.05) is 29.9 Å². The SMILES string of the molecule is CC(=O)OC[C@H]1O[C@@H](NC(=O)c2ccccc2)C(=O)CC1SCc1ccc(F)cc1. The van der Waals surface area contributed by atoms with E-state index in [0.717, 1.165) is 5.56 Å². The van der Waals surface area contributed by atoms with Gasteiger partial charge in [0.1, 0.15) is 18.5 Å². The second-order valence-electron chi connectivity index (χ2n) is 6.84. The molecule has 1 aliphatic heterocycles. The van der Waals surface area contributed by atoms with Crippen molar-refractivity contribution in [1.29, 1.82) is 0 Å². The molecule has 0 bridgehead atoms. The Morgan fingerprint density at radius 2 is 1.87 bits per heavy atom. The standard InChI is InChI=1S/C22H22FNO5S/c1-14(25)28-12-19-20(30-13-15-7-9-17(23)10-8-15)11-18(26)22(29-19)24-21(27)16-5-3-2-4-6-16/h2-10,19-20,22H,11-13H2,1H3,(H,24,27)/t19-,20?,22-/m1/s1. The van der Waals surface area contributed by atoms with Crippen molar-refractivity contribution in [2.45, 2.75) is 36.7 Å². The summed E-state index contributed by atoms with van der Waals surface area (Å²) in [5.41, 5.74) is 1.32. The van der Waals surface area contributed by atoms with Crippen molar-refractivity contribution in [2.24, 2.45) is 0 Å². The van der Waals surface area contributed by atoms with Crippen molar-refractivity contribution in [3.8, 4) is 0 Å². The van der Waals surface area contributed by atoms with E-state index in [4.69, 9.17) is 9.47 Å². The van der Waals surface area contributed by atoms with Gasteiger partial charge < -0.3 is 14.8 Å². The molecule has 3 atom stereocenters. The average molecular weight is 431 g/mol. The summed E-state index contributed by atoms with van der Waals surface area (Å²) in [6.45, 7) is 1.27. The molecule has 158 valence electrons. The zero-order valence-corrected chi connectivity index (χ0v) is 17.2. The Labute approximate surface area is 178 Å². The van der Waals surface area contributed by atoms with E-state index in [1.165, 1.54) is 30.8 Å². The molecule has 0 spiro atoms. The van der Waals surface area contributed by atoms with Gasteiger partial charge in [-0.3, -0.25) is 14.4 Å². The fourth-order valence-electron chi connectivity index (χ4n) is 2.98. The second kappa shape index (κ2) is 10.4. The molecule has 2 aromatic carbocycles. The molecule has 6 nitrogen and oxygen atoms in total. The Hall–Kier alpha value is -2.71. The summed E-state index contributed by atoms with van der Waals surface area (Å²) in [6.07, 6.45) is -1.53. The minimum absolute atomic E-state index is 0.0264. The highest BCUT2D eigenvalue weighted by atomic mass is 32.2. The van der Waals surface area contributed by atoms with Crippen molar-refractivity contribution in [3.63, 3.8) is 0 Å². The van der Waals surface area contributed by atoms with E-state index in [1.54, 1.807) is 42.5 Å². The molecule has 1 unspecified atom stereocenters. The van der Waals surface area contributed by atoms with Crippen LogP contribution in [0.25, 0.3) is 0 Å². The van der Waals surface area contributed by atoms with Crippen LogP contribution in [0.5, 0.6) is 0 Å². The zero-order chi connectivity index (χ0) is 21.5. The van der Waals surface area contributed by atoms with Crippen LogP contribution in [0, 0.1) is 5.82 Å². The number of ether oxygens (including phenoxy) is 2.